The summed E-state index contributed by atoms with van der Waals surface area (Å²) in [6, 6.07) is 4.53. The smallest absolute Gasteiger partial charge is 0.387 e. The van der Waals surface area contributed by atoms with E-state index in [1.165, 1.54) is 12.1 Å². The Kier molecular flexibility index (Phi) is 3.06. The van der Waals surface area contributed by atoms with Crippen molar-refractivity contribution in [3.8, 4) is 5.75 Å². The summed E-state index contributed by atoms with van der Waals surface area (Å²) in [4.78, 5) is 0. The van der Waals surface area contributed by atoms with Crippen molar-refractivity contribution < 1.29 is 13.5 Å². The third kappa shape index (κ3) is 2.57. The number of hydrogen-bond donors (Lipinski definition) is 1. The lowest BCUT2D eigenvalue weighted by atomic mass is 10.1. The zero-order valence-electron chi connectivity index (χ0n) is 7.26. The molecule has 0 radical (unpaired) electrons. The molecule has 0 aliphatic rings. The number of nitrogens with two attached hydrogens (primary N) is 1. The van der Waals surface area contributed by atoms with Gasteiger partial charge in [0, 0.05) is 5.69 Å². The van der Waals surface area contributed by atoms with Crippen LogP contribution in [0.4, 0.5) is 14.5 Å². The van der Waals surface area contributed by atoms with Gasteiger partial charge in [0.05, 0.1) is 0 Å². The van der Waals surface area contributed by atoms with E-state index in [0.717, 1.165) is 5.56 Å². The van der Waals surface area contributed by atoms with Gasteiger partial charge in [0.15, 0.2) is 0 Å². The van der Waals surface area contributed by atoms with Gasteiger partial charge in [0.1, 0.15) is 5.75 Å². The summed E-state index contributed by atoms with van der Waals surface area (Å²) in [7, 11) is 0. The van der Waals surface area contributed by atoms with Gasteiger partial charge in [-0.3, -0.25) is 0 Å². The molecule has 0 bridgehead atoms. The molecule has 2 N–H and O–H groups in total. The first-order valence-electron chi connectivity index (χ1n) is 3.96. The molecule has 0 unspecified atom stereocenters. The van der Waals surface area contributed by atoms with E-state index in [1.807, 2.05) is 6.92 Å². The van der Waals surface area contributed by atoms with E-state index in [-0.39, 0.29) is 5.75 Å². The number of rotatable bonds is 3. The Morgan fingerprint density at radius 1 is 1.46 bits per heavy atom. The van der Waals surface area contributed by atoms with Gasteiger partial charge in [-0.2, -0.15) is 8.78 Å². The standard InChI is InChI=1S/C9H11F2NO/c1-2-6-5-7(13-9(10)11)3-4-8(6)12/h3-5,9H,2,12H2,1H3. The third-order valence-corrected chi connectivity index (χ3v) is 1.72. The monoisotopic (exact) mass is 187 g/mol. The maximum atomic E-state index is 11.8. The molecule has 0 spiro atoms. The van der Waals surface area contributed by atoms with Crippen LogP contribution < -0.4 is 10.5 Å². The van der Waals surface area contributed by atoms with Gasteiger partial charge in [-0.05, 0) is 30.2 Å². The Morgan fingerprint density at radius 2 is 2.15 bits per heavy atom. The fraction of sp³-hybridized carbons (Fsp3) is 0.333. The zero-order valence-corrected chi connectivity index (χ0v) is 7.26. The van der Waals surface area contributed by atoms with Crippen molar-refractivity contribution in [1.29, 1.82) is 0 Å². The van der Waals surface area contributed by atoms with Crippen molar-refractivity contribution in [2.24, 2.45) is 0 Å². The number of aryl methyl sites for hydroxylation is 1. The number of halogens is 2. The molecular formula is C9H11F2NO. The molecule has 0 saturated heterocycles. The highest BCUT2D eigenvalue weighted by Gasteiger charge is 2.05. The van der Waals surface area contributed by atoms with E-state index in [4.69, 9.17) is 5.73 Å². The first kappa shape index (κ1) is 9.77. The molecule has 2 nitrogen and oxygen atoms in total. The Labute approximate surface area is 75.3 Å². The van der Waals surface area contributed by atoms with Crippen LogP contribution in [-0.2, 0) is 6.42 Å². The molecule has 13 heavy (non-hydrogen) atoms. The predicted octanol–water partition coefficient (Wildman–Crippen LogP) is 2.43. The van der Waals surface area contributed by atoms with Gasteiger partial charge in [-0.25, -0.2) is 0 Å². The lowest BCUT2D eigenvalue weighted by molar-refractivity contribution is -0.0498. The number of anilines is 1. The Balaban J connectivity index is 2.86. The Bertz CT molecular complexity index is 289. The highest BCUT2D eigenvalue weighted by atomic mass is 19.3. The molecule has 1 rings (SSSR count). The molecule has 0 fully saturated rings. The van der Waals surface area contributed by atoms with Crippen LogP contribution in [0.3, 0.4) is 0 Å². The van der Waals surface area contributed by atoms with Gasteiger partial charge in [-0.15, -0.1) is 0 Å². The molecular weight excluding hydrogens is 176 g/mol. The SMILES string of the molecule is CCc1cc(OC(F)F)ccc1N. The van der Waals surface area contributed by atoms with Crippen LogP contribution in [-0.4, -0.2) is 6.61 Å². The van der Waals surface area contributed by atoms with Crippen LogP contribution in [0.1, 0.15) is 12.5 Å². The third-order valence-electron chi connectivity index (χ3n) is 1.72. The van der Waals surface area contributed by atoms with Crippen molar-refractivity contribution in [3.05, 3.63) is 23.8 Å². The first-order valence-corrected chi connectivity index (χ1v) is 3.96. The molecule has 0 heterocycles. The normalized spacial score (nSPS) is 10.5. The van der Waals surface area contributed by atoms with Crippen LogP contribution in [0.2, 0.25) is 0 Å². The van der Waals surface area contributed by atoms with Gasteiger partial charge in [-0.1, -0.05) is 6.92 Å². The van der Waals surface area contributed by atoms with E-state index in [1.54, 1.807) is 6.07 Å². The van der Waals surface area contributed by atoms with E-state index in [2.05, 4.69) is 4.74 Å². The second-order valence-corrected chi connectivity index (χ2v) is 2.59. The zero-order chi connectivity index (χ0) is 9.84. The Morgan fingerprint density at radius 3 is 2.69 bits per heavy atom. The predicted molar refractivity (Wildman–Crippen MR) is 46.9 cm³/mol. The average Bonchev–Trinajstić information content (AvgIpc) is 2.07. The lowest BCUT2D eigenvalue weighted by Crippen LogP contribution is -2.03. The number of nitrogen functional groups attached to an aromatic ring is 1. The van der Waals surface area contributed by atoms with Gasteiger partial charge in [0.2, 0.25) is 0 Å². The number of benzene rings is 1. The maximum absolute atomic E-state index is 11.8. The summed E-state index contributed by atoms with van der Waals surface area (Å²) in [6.07, 6.45) is 0.701. The molecule has 1 aromatic rings. The van der Waals surface area contributed by atoms with Crippen LogP contribution in [0.15, 0.2) is 18.2 Å². The number of ether oxygens (including phenoxy) is 1. The van der Waals surface area contributed by atoms with Crippen LogP contribution in [0.5, 0.6) is 5.75 Å². The van der Waals surface area contributed by atoms with Crippen molar-refractivity contribution in [2.45, 2.75) is 20.0 Å². The summed E-state index contributed by atoms with van der Waals surface area (Å²) >= 11 is 0. The fourth-order valence-corrected chi connectivity index (χ4v) is 1.06. The highest BCUT2D eigenvalue weighted by molar-refractivity contribution is 5.50. The topological polar surface area (TPSA) is 35.2 Å². The summed E-state index contributed by atoms with van der Waals surface area (Å²) in [6.45, 7) is -0.883. The van der Waals surface area contributed by atoms with Crippen LogP contribution in [0, 0.1) is 0 Å². The molecule has 1 aromatic carbocycles. The van der Waals surface area contributed by atoms with Crippen molar-refractivity contribution in [2.75, 3.05) is 5.73 Å². The first-order chi connectivity index (χ1) is 6.13. The minimum atomic E-state index is -2.78. The van der Waals surface area contributed by atoms with E-state index >= 15 is 0 Å². The summed E-state index contributed by atoms with van der Waals surface area (Å²) in [5.41, 5.74) is 7.01. The maximum Gasteiger partial charge on any atom is 0.387 e. The van der Waals surface area contributed by atoms with Crippen LogP contribution in [0.25, 0.3) is 0 Å². The van der Waals surface area contributed by atoms with Crippen LogP contribution >= 0.6 is 0 Å². The van der Waals surface area contributed by atoms with Crippen molar-refractivity contribution >= 4 is 5.69 Å². The minimum Gasteiger partial charge on any atom is -0.435 e. The van der Waals surface area contributed by atoms with Gasteiger partial charge < -0.3 is 10.5 Å². The van der Waals surface area contributed by atoms with E-state index in [9.17, 15) is 8.78 Å². The molecule has 0 aliphatic carbocycles. The molecule has 0 aliphatic heterocycles. The average molecular weight is 187 g/mol. The van der Waals surface area contributed by atoms with Crippen molar-refractivity contribution in [3.63, 3.8) is 0 Å². The molecule has 0 aromatic heterocycles. The summed E-state index contributed by atoms with van der Waals surface area (Å²) < 4.78 is 27.8. The lowest BCUT2D eigenvalue weighted by Gasteiger charge is -2.07. The molecule has 72 valence electrons. The Hall–Kier alpha value is -1.32. The fourth-order valence-electron chi connectivity index (χ4n) is 1.06. The minimum absolute atomic E-state index is 0.154. The largest absolute Gasteiger partial charge is 0.435 e. The molecule has 4 heteroatoms. The van der Waals surface area contributed by atoms with Gasteiger partial charge >= 0.3 is 6.61 Å². The quantitative estimate of drug-likeness (QED) is 0.737. The van der Waals surface area contributed by atoms with E-state index < -0.39 is 6.61 Å². The molecule has 0 amide bonds. The summed E-state index contributed by atoms with van der Waals surface area (Å²) in [5, 5.41) is 0. The van der Waals surface area contributed by atoms with Crippen molar-refractivity contribution in [1.82, 2.24) is 0 Å². The second kappa shape index (κ2) is 4.07. The summed E-state index contributed by atoms with van der Waals surface area (Å²) in [5.74, 6) is 0.154. The van der Waals surface area contributed by atoms with E-state index in [0.29, 0.717) is 12.1 Å². The second-order valence-electron chi connectivity index (χ2n) is 2.59. The highest BCUT2D eigenvalue weighted by Crippen LogP contribution is 2.21. The van der Waals surface area contributed by atoms with Gasteiger partial charge in [0.25, 0.3) is 0 Å². The molecule has 0 saturated carbocycles. The number of alkyl halides is 2. The molecule has 0 atom stereocenters. The number of hydrogen-bond acceptors (Lipinski definition) is 2.